The minimum atomic E-state index is -1.23. The first-order valence-electron chi connectivity index (χ1n) is 11.1. The van der Waals surface area contributed by atoms with Crippen molar-refractivity contribution in [2.75, 3.05) is 13.2 Å². The summed E-state index contributed by atoms with van der Waals surface area (Å²) in [6.07, 6.45) is 7.32. The Bertz CT molecular complexity index is 1000. The van der Waals surface area contributed by atoms with Gasteiger partial charge in [-0.1, -0.05) is 17.7 Å². The summed E-state index contributed by atoms with van der Waals surface area (Å²) in [4.78, 5) is 28.7. The van der Waals surface area contributed by atoms with Crippen LogP contribution < -0.4 is 5.32 Å². The topological polar surface area (TPSA) is 88.5 Å². The molecule has 1 atom stereocenters. The molecule has 3 rings (SSSR count). The second-order valence-corrected chi connectivity index (χ2v) is 9.29. The third-order valence-electron chi connectivity index (χ3n) is 5.63. The molecule has 1 aromatic carbocycles. The smallest absolute Gasteiger partial charge is 0.326 e. The first-order valence-corrected chi connectivity index (χ1v) is 12.3. The van der Waals surface area contributed by atoms with Gasteiger partial charge in [0.25, 0.3) is 5.91 Å². The second-order valence-electron chi connectivity index (χ2n) is 8.06. The highest BCUT2D eigenvalue weighted by Gasteiger charge is 2.24. The van der Waals surface area contributed by atoms with Crippen LogP contribution in [0.1, 0.15) is 59.4 Å². The Morgan fingerprint density at radius 2 is 1.97 bits per heavy atom. The molecule has 1 aliphatic rings. The van der Waals surface area contributed by atoms with Crippen molar-refractivity contribution in [3.05, 3.63) is 62.1 Å². The molecular formula is C24H27BrClFN2O4. The van der Waals surface area contributed by atoms with Crippen molar-refractivity contribution in [1.82, 2.24) is 10.3 Å². The maximum atomic E-state index is 14.0. The van der Waals surface area contributed by atoms with Crippen LogP contribution >= 0.6 is 27.5 Å². The third kappa shape index (κ3) is 7.22. The summed E-state index contributed by atoms with van der Waals surface area (Å²) in [6.45, 7) is 0.639. The number of rotatable bonds is 11. The number of hydrogen-bond donors (Lipinski definition) is 2. The molecule has 2 N–H and O–H groups in total. The lowest BCUT2D eigenvalue weighted by Gasteiger charge is -2.16. The number of pyridine rings is 1. The molecule has 0 fully saturated rings. The standard InChI is InChI=1S/C24H27BrClFN2O4/c25-17-10-11-18(27)21(22(17)26)23(30)29-20(24(31)32)12-14-33-13-4-3-6-16-9-8-15-5-1-2-7-19(15)28-16/h8-11,20H,1-7,12-14H2,(H,29,30)(H,31,32)/t20-/m0/s1. The predicted molar refractivity (Wildman–Crippen MR) is 127 cm³/mol. The number of carbonyl (C=O) groups is 2. The van der Waals surface area contributed by atoms with E-state index in [1.54, 1.807) is 0 Å². The van der Waals surface area contributed by atoms with Crippen molar-refractivity contribution in [1.29, 1.82) is 0 Å². The molecule has 0 saturated heterocycles. The number of halogens is 3. The number of aryl methyl sites for hydroxylation is 3. The molecular weight excluding hydrogens is 515 g/mol. The van der Waals surface area contributed by atoms with Crippen LogP contribution in [0.4, 0.5) is 4.39 Å². The molecule has 0 bridgehead atoms. The van der Waals surface area contributed by atoms with Gasteiger partial charge in [0, 0.05) is 35.5 Å². The van der Waals surface area contributed by atoms with Crippen LogP contribution in [-0.4, -0.2) is 41.2 Å². The number of benzene rings is 1. The lowest BCUT2D eigenvalue weighted by atomic mass is 9.95. The maximum absolute atomic E-state index is 14.0. The highest BCUT2D eigenvalue weighted by molar-refractivity contribution is 9.10. The van der Waals surface area contributed by atoms with E-state index < -0.39 is 29.3 Å². The van der Waals surface area contributed by atoms with Crippen LogP contribution in [0.2, 0.25) is 5.02 Å². The molecule has 1 aliphatic carbocycles. The van der Waals surface area contributed by atoms with Gasteiger partial charge in [-0.2, -0.15) is 0 Å². The minimum Gasteiger partial charge on any atom is -0.480 e. The number of fused-ring (bicyclic) bond motifs is 1. The number of carboxylic acids is 1. The number of aliphatic carboxylic acids is 1. The first-order chi connectivity index (χ1) is 15.9. The molecule has 0 spiro atoms. The van der Waals surface area contributed by atoms with Gasteiger partial charge in [0.2, 0.25) is 0 Å². The average Bonchev–Trinajstić information content (AvgIpc) is 2.80. The summed E-state index contributed by atoms with van der Waals surface area (Å²) in [5.74, 6) is -2.93. The Morgan fingerprint density at radius 1 is 1.18 bits per heavy atom. The van der Waals surface area contributed by atoms with E-state index in [1.807, 2.05) is 0 Å². The highest BCUT2D eigenvalue weighted by Crippen LogP contribution is 2.28. The van der Waals surface area contributed by atoms with Gasteiger partial charge in [0.15, 0.2) is 0 Å². The van der Waals surface area contributed by atoms with Gasteiger partial charge in [-0.25, -0.2) is 9.18 Å². The van der Waals surface area contributed by atoms with E-state index in [4.69, 9.17) is 21.3 Å². The van der Waals surface area contributed by atoms with Gasteiger partial charge in [0.1, 0.15) is 11.9 Å². The van der Waals surface area contributed by atoms with Crippen molar-refractivity contribution in [3.63, 3.8) is 0 Å². The molecule has 0 saturated carbocycles. The third-order valence-corrected chi connectivity index (χ3v) is 6.91. The lowest BCUT2D eigenvalue weighted by Crippen LogP contribution is -2.42. The zero-order valence-corrected chi connectivity index (χ0v) is 20.6. The number of aromatic nitrogens is 1. The quantitative estimate of drug-likeness (QED) is 0.304. The number of nitrogens with one attached hydrogen (secondary N) is 1. The van der Waals surface area contributed by atoms with E-state index in [2.05, 4.69) is 33.4 Å². The van der Waals surface area contributed by atoms with Crippen molar-refractivity contribution >= 4 is 39.4 Å². The van der Waals surface area contributed by atoms with Gasteiger partial charge in [0.05, 0.1) is 10.6 Å². The molecule has 178 valence electrons. The zero-order chi connectivity index (χ0) is 23.8. The Labute approximate surface area is 206 Å². The van der Waals surface area contributed by atoms with Crippen molar-refractivity contribution in [3.8, 4) is 0 Å². The van der Waals surface area contributed by atoms with Crippen LogP contribution in [-0.2, 0) is 28.8 Å². The first kappa shape index (κ1) is 25.6. The molecule has 9 heteroatoms. The van der Waals surface area contributed by atoms with Gasteiger partial charge < -0.3 is 15.2 Å². The maximum Gasteiger partial charge on any atom is 0.326 e. The fraction of sp³-hybridized carbons (Fsp3) is 0.458. The van der Waals surface area contributed by atoms with E-state index in [9.17, 15) is 19.1 Å². The fourth-order valence-corrected chi connectivity index (χ4v) is 4.37. The number of hydrogen-bond acceptors (Lipinski definition) is 4. The SMILES string of the molecule is O=C(N[C@@H](CCOCCCCc1ccc2c(n1)CCCC2)C(=O)O)c1c(F)ccc(Br)c1Cl. The zero-order valence-electron chi connectivity index (χ0n) is 18.2. The molecule has 2 aromatic rings. The number of amides is 1. The Hall–Kier alpha value is -2.03. The van der Waals surface area contributed by atoms with Gasteiger partial charge >= 0.3 is 5.97 Å². The average molecular weight is 542 g/mol. The number of nitrogens with zero attached hydrogens (tertiary/aromatic N) is 1. The summed E-state index contributed by atoms with van der Waals surface area (Å²) < 4.78 is 19.9. The van der Waals surface area contributed by atoms with Crippen LogP contribution in [0, 0.1) is 5.82 Å². The van der Waals surface area contributed by atoms with Crippen molar-refractivity contribution in [2.45, 2.75) is 57.4 Å². The summed E-state index contributed by atoms with van der Waals surface area (Å²) in [5, 5.41) is 11.6. The van der Waals surface area contributed by atoms with E-state index in [-0.39, 0.29) is 18.1 Å². The van der Waals surface area contributed by atoms with Crippen molar-refractivity contribution in [2.24, 2.45) is 0 Å². The van der Waals surface area contributed by atoms with E-state index >= 15 is 0 Å². The predicted octanol–water partition coefficient (Wildman–Crippen LogP) is 5.13. The van der Waals surface area contributed by atoms with Crippen molar-refractivity contribution < 1.29 is 23.8 Å². The van der Waals surface area contributed by atoms with E-state index in [0.29, 0.717) is 11.1 Å². The molecule has 0 radical (unpaired) electrons. The van der Waals surface area contributed by atoms with Gasteiger partial charge in [-0.3, -0.25) is 9.78 Å². The fourth-order valence-electron chi connectivity index (χ4n) is 3.80. The molecule has 1 aromatic heterocycles. The largest absolute Gasteiger partial charge is 0.480 e. The summed E-state index contributed by atoms with van der Waals surface area (Å²) in [6, 6.07) is 5.54. The summed E-state index contributed by atoms with van der Waals surface area (Å²) in [5.41, 5.74) is 3.32. The van der Waals surface area contributed by atoms with Gasteiger partial charge in [-0.05, 0) is 84.6 Å². The van der Waals surface area contributed by atoms with E-state index in [1.165, 1.54) is 30.2 Å². The van der Waals surface area contributed by atoms with E-state index in [0.717, 1.165) is 43.9 Å². The molecule has 1 amide bonds. The number of carboxylic acid groups (broad SMARTS) is 1. The Kier molecular flexibility index (Phi) is 9.64. The van der Waals surface area contributed by atoms with Crippen LogP contribution in [0.3, 0.4) is 0 Å². The molecule has 0 aliphatic heterocycles. The Balaban J connectivity index is 1.38. The lowest BCUT2D eigenvalue weighted by molar-refractivity contribution is -0.139. The monoisotopic (exact) mass is 540 g/mol. The minimum absolute atomic E-state index is 0.0562. The van der Waals surface area contributed by atoms with Crippen LogP contribution in [0.15, 0.2) is 28.7 Å². The molecule has 33 heavy (non-hydrogen) atoms. The number of ether oxygens (including phenoxy) is 1. The number of carbonyl (C=O) groups excluding carboxylic acids is 1. The molecule has 0 unspecified atom stereocenters. The van der Waals surface area contributed by atoms with Crippen LogP contribution in [0.5, 0.6) is 0 Å². The van der Waals surface area contributed by atoms with Crippen LogP contribution in [0.25, 0.3) is 0 Å². The molecule has 1 heterocycles. The number of unbranched alkanes of at least 4 members (excludes halogenated alkanes) is 1. The normalized spacial score (nSPS) is 13.9. The second kappa shape index (κ2) is 12.4. The Morgan fingerprint density at radius 3 is 2.76 bits per heavy atom. The van der Waals surface area contributed by atoms with Gasteiger partial charge in [-0.15, -0.1) is 0 Å². The summed E-state index contributed by atoms with van der Waals surface area (Å²) >= 11 is 9.11. The summed E-state index contributed by atoms with van der Waals surface area (Å²) in [7, 11) is 0. The molecule has 6 nitrogen and oxygen atoms in total. The highest BCUT2D eigenvalue weighted by atomic mass is 79.9.